The highest BCUT2D eigenvalue weighted by atomic mass is 127. The molecule has 0 saturated carbocycles. The Hall–Kier alpha value is 0.650. The van der Waals surface area contributed by atoms with Gasteiger partial charge in [0.2, 0.25) is 0 Å². The van der Waals surface area contributed by atoms with E-state index in [0.29, 0.717) is 6.79 Å². The predicted molar refractivity (Wildman–Crippen MR) is 152 cm³/mol. The van der Waals surface area contributed by atoms with Crippen LogP contribution in [0.4, 0.5) is 0 Å². The van der Waals surface area contributed by atoms with Gasteiger partial charge in [0, 0.05) is 13.2 Å². The van der Waals surface area contributed by atoms with Crippen LogP contribution in [0.2, 0.25) is 0 Å². The van der Waals surface area contributed by atoms with Crippen molar-refractivity contribution in [3.05, 3.63) is 0 Å². The Bertz CT molecular complexity index is 389. The van der Waals surface area contributed by atoms with E-state index in [4.69, 9.17) is 9.47 Å². The Morgan fingerprint density at radius 1 is 0.531 bits per heavy atom. The largest absolute Gasteiger partial charge is 0.355 e. The number of halogens is 1. The van der Waals surface area contributed by atoms with Crippen LogP contribution in [-0.2, 0) is 9.47 Å². The molecule has 0 heterocycles. The Kier molecular flexibility index (Phi) is 22.6. The van der Waals surface area contributed by atoms with E-state index in [1.165, 1.54) is 68.6 Å². The maximum Gasteiger partial charge on any atom is 0.146 e. The van der Waals surface area contributed by atoms with Gasteiger partial charge in [-0.15, -0.1) is 0 Å². The topological polar surface area (TPSA) is 18.5 Å². The van der Waals surface area contributed by atoms with Gasteiger partial charge in [-0.05, 0) is 104 Å². The van der Waals surface area contributed by atoms with E-state index in [0.717, 1.165) is 61.6 Å². The van der Waals surface area contributed by atoms with Gasteiger partial charge >= 0.3 is 0 Å². The minimum absolute atomic E-state index is 0.472. The fourth-order valence-electron chi connectivity index (χ4n) is 5.65. The molecule has 0 fully saturated rings. The molecule has 0 saturated heterocycles. The molecule has 3 heteroatoms. The second kappa shape index (κ2) is 22.1. The first-order chi connectivity index (χ1) is 15.3. The smallest absolute Gasteiger partial charge is 0.146 e. The van der Waals surface area contributed by atoms with Crippen LogP contribution in [0.5, 0.6) is 0 Å². The minimum atomic E-state index is 0.472. The van der Waals surface area contributed by atoms with Crippen molar-refractivity contribution in [3.8, 4) is 0 Å². The molecule has 0 amide bonds. The van der Waals surface area contributed by atoms with Crippen molar-refractivity contribution in [2.75, 3.05) is 24.4 Å². The monoisotopic (exact) mass is 566 g/mol. The van der Waals surface area contributed by atoms with Gasteiger partial charge in [-0.3, -0.25) is 0 Å². The molecule has 0 bridgehead atoms. The second-order valence-corrected chi connectivity index (χ2v) is 12.5. The first-order valence-electron chi connectivity index (χ1n) is 14.0. The van der Waals surface area contributed by atoms with Gasteiger partial charge in [-0.25, -0.2) is 0 Å². The van der Waals surface area contributed by atoms with Crippen molar-refractivity contribution in [1.82, 2.24) is 0 Å². The van der Waals surface area contributed by atoms with Crippen LogP contribution >= 0.6 is 22.6 Å². The molecule has 6 unspecified atom stereocenters. The molecule has 0 spiro atoms. The summed E-state index contributed by atoms with van der Waals surface area (Å²) in [5, 5.41) is 0. The highest BCUT2D eigenvalue weighted by Crippen LogP contribution is 2.29. The lowest BCUT2D eigenvalue weighted by Gasteiger charge is -2.25. The molecule has 0 aromatic rings. The fraction of sp³-hybridized carbons (Fsp3) is 1.00. The van der Waals surface area contributed by atoms with Gasteiger partial charge < -0.3 is 9.47 Å². The third-order valence-corrected chi connectivity index (χ3v) is 7.66. The average molecular weight is 567 g/mol. The molecule has 194 valence electrons. The van der Waals surface area contributed by atoms with Crippen LogP contribution in [0.3, 0.4) is 0 Å². The number of hydrogen-bond acceptors (Lipinski definition) is 2. The zero-order valence-electron chi connectivity index (χ0n) is 23.0. The molecule has 0 aromatic carbocycles. The number of rotatable bonds is 23. The molecular weight excluding hydrogens is 507 g/mol. The summed E-state index contributed by atoms with van der Waals surface area (Å²) in [7, 11) is 0. The van der Waals surface area contributed by atoms with Crippen LogP contribution in [-0.4, -0.2) is 24.4 Å². The Labute approximate surface area is 216 Å². The summed E-state index contributed by atoms with van der Waals surface area (Å²) < 4.78 is 12.5. The van der Waals surface area contributed by atoms with Crippen LogP contribution < -0.4 is 0 Å². The normalized spacial score (nSPS) is 17.6. The van der Waals surface area contributed by atoms with Gasteiger partial charge in [0.05, 0.1) is 0 Å². The summed E-state index contributed by atoms with van der Waals surface area (Å²) in [5.41, 5.74) is 0. The first-order valence-corrected chi connectivity index (χ1v) is 15.5. The van der Waals surface area contributed by atoms with E-state index < -0.39 is 0 Å². The molecule has 0 radical (unpaired) electrons. The van der Waals surface area contributed by atoms with Crippen molar-refractivity contribution in [2.45, 2.75) is 126 Å². The number of ether oxygens (including phenoxy) is 2. The number of hydrogen-bond donors (Lipinski definition) is 0. The third kappa shape index (κ3) is 21.2. The summed E-state index contributed by atoms with van der Waals surface area (Å²) in [5.74, 6) is 5.12. The molecule has 6 atom stereocenters. The quantitative estimate of drug-likeness (QED) is 0.0530. The molecular formula is C29H59IO2. The van der Waals surface area contributed by atoms with Crippen molar-refractivity contribution in [2.24, 2.45) is 35.5 Å². The zero-order valence-corrected chi connectivity index (χ0v) is 25.1. The van der Waals surface area contributed by atoms with Crippen molar-refractivity contribution >= 4 is 22.6 Å². The van der Waals surface area contributed by atoms with E-state index in [2.05, 4.69) is 71.1 Å². The Balaban J connectivity index is 3.82. The third-order valence-electron chi connectivity index (χ3n) is 6.90. The Morgan fingerprint density at radius 3 is 1.38 bits per heavy atom. The van der Waals surface area contributed by atoms with Crippen molar-refractivity contribution in [1.29, 1.82) is 0 Å². The average Bonchev–Trinajstić information content (AvgIpc) is 2.70. The summed E-state index contributed by atoms with van der Waals surface area (Å²) >= 11 is 2.51. The van der Waals surface area contributed by atoms with Crippen LogP contribution in [0.25, 0.3) is 0 Å². The van der Waals surface area contributed by atoms with Gasteiger partial charge in [-0.2, -0.15) is 0 Å². The lowest BCUT2D eigenvalue weighted by atomic mass is 9.81. The van der Waals surface area contributed by atoms with Gasteiger partial charge in [0.1, 0.15) is 6.79 Å². The molecule has 2 nitrogen and oxygen atoms in total. The van der Waals surface area contributed by atoms with E-state index in [9.17, 15) is 0 Å². The molecule has 0 aliphatic carbocycles. The predicted octanol–water partition coefficient (Wildman–Crippen LogP) is 9.93. The fourth-order valence-corrected chi connectivity index (χ4v) is 6.09. The summed E-state index contributed by atoms with van der Waals surface area (Å²) in [6.07, 6.45) is 15.9. The van der Waals surface area contributed by atoms with Crippen LogP contribution in [0.1, 0.15) is 126 Å². The summed E-state index contributed by atoms with van der Waals surface area (Å²) in [4.78, 5) is 0. The maximum absolute atomic E-state index is 5.63. The Morgan fingerprint density at radius 2 is 0.938 bits per heavy atom. The molecule has 0 aromatic heterocycles. The molecule has 0 N–H and O–H groups in total. The van der Waals surface area contributed by atoms with Crippen LogP contribution in [0, 0.1) is 35.5 Å². The standard InChI is InChI=1S/C29H59IO2/c1-8-9-10-16-31-23-32-17-12-14-25(3)19-27(5)21-29(7)22-28(6)20-26(4)18-24(2)13-11-15-30/h24-29H,8-23H2,1-7H3. The molecule has 0 rings (SSSR count). The maximum atomic E-state index is 5.63. The molecule has 0 aliphatic rings. The highest BCUT2D eigenvalue weighted by molar-refractivity contribution is 14.1. The van der Waals surface area contributed by atoms with E-state index in [1.54, 1.807) is 0 Å². The zero-order chi connectivity index (χ0) is 24.2. The minimum Gasteiger partial charge on any atom is -0.355 e. The van der Waals surface area contributed by atoms with E-state index >= 15 is 0 Å². The first kappa shape index (κ1) is 32.7. The van der Waals surface area contributed by atoms with Crippen LogP contribution in [0.15, 0.2) is 0 Å². The van der Waals surface area contributed by atoms with E-state index in [1.807, 2.05) is 0 Å². The second-order valence-electron chi connectivity index (χ2n) is 11.4. The van der Waals surface area contributed by atoms with E-state index in [-0.39, 0.29) is 0 Å². The van der Waals surface area contributed by atoms with Gasteiger partial charge in [-0.1, -0.05) is 83.9 Å². The lowest BCUT2D eigenvalue weighted by molar-refractivity contribution is -0.0561. The van der Waals surface area contributed by atoms with Gasteiger partial charge in [0.25, 0.3) is 0 Å². The summed E-state index contributed by atoms with van der Waals surface area (Å²) in [6, 6.07) is 0. The number of alkyl halides is 1. The molecule has 0 aliphatic heterocycles. The van der Waals surface area contributed by atoms with Crippen molar-refractivity contribution in [3.63, 3.8) is 0 Å². The lowest BCUT2D eigenvalue weighted by Crippen LogP contribution is -2.13. The van der Waals surface area contributed by atoms with Crippen molar-refractivity contribution < 1.29 is 9.47 Å². The molecule has 32 heavy (non-hydrogen) atoms. The SMILES string of the molecule is CCCCCOCOCCCC(C)CC(C)CC(C)CC(C)CC(C)CC(C)CCCI. The summed E-state index contributed by atoms with van der Waals surface area (Å²) in [6.45, 7) is 19.2. The number of unbranched alkanes of at least 4 members (excludes halogenated alkanes) is 2. The highest BCUT2D eigenvalue weighted by Gasteiger charge is 2.17. The van der Waals surface area contributed by atoms with Gasteiger partial charge in [0.15, 0.2) is 0 Å².